The van der Waals surface area contributed by atoms with Crippen molar-refractivity contribution in [2.75, 3.05) is 25.1 Å². The number of nitrogens with zero attached hydrogens (tertiary/aromatic N) is 1. The molecule has 0 heterocycles. The van der Waals surface area contributed by atoms with Gasteiger partial charge in [0, 0.05) is 11.3 Å². The summed E-state index contributed by atoms with van der Waals surface area (Å²) in [5.41, 5.74) is 7.46. The van der Waals surface area contributed by atoms with E-state index in [4.69, 9.17) is 18.9 Å². The molecule has 0 bridgehead atoms. The molecule has 0 spiro atoms. The van der Waals surface area contributed by atoms with E-state index < -0.39 is 5.91 Å². The van der Waals surface area contributed by atoms with Crippen LogP contribution >= 0.6 is 22.6 Å². The van der Waals surface area contributed by atoms with Crippen LogP contribution in [0.1, 0.15) is 46.5 Å². The van der Waals surface area contributed by atoms with Gasteiger partial charge in [-0.2, -0.15) is 5.10 Å². The van der Waals surface area contributed by atoms with Crippen LogP contribution in [0, 0.1) is 17.4 Å². The van der Waals surface area contributed by atoms with E-state index >= 15 is 0 Å². The van der Waals surface area contributed by atoms with Crippen LogP contribution in [0.15, 0.2) is 84.0 Å². The molecule has 9 nitrogen and oxygen atoms in total. The number of benzene rings is 4. The van der Waals surface area contributed by atoms with Crippen molar-refractivity contribution in [2.45, 2.75) is 34.3 Å². The van der Waals surface area contributed by atoms with Crippen LogP contribution in [0.2, 0.25) is 0 Å². The lowest BCUT2D eigenvalue weighted by molar-refractivity contribution is -0.118. The Morgan fingerprint density at radius 2 is 1.58 bits per heavy atom. The van der Waals surface area contributed by atoms with Crippen LogP contribution in [0.5, 0.6) is 23.0 Å². The molecule has 2 amide bonds. The lowest BCUT2D eigenvalue weighted by Gasteiger charge is -2.15. The molecule has 0 atom stereocenters. The summed E-state index contributed by atoms with van der Waals surface area (Å²) >= 11 is 2.12. The van der Waals surface area contributed by atoms with Crippen molar-refractivity contribution in [3.63, 3.8) is 0 Å². The summed E-state index contributed by atoms with van der Waals surface area (Å²) in [4.78, 5) is 25.5. The molecule has 4 rings (SSSR count). The van der Waals surface area contributed by atoms with Crippen LogP contribution in [0.4, 0.5) is 5.69 Å². The Morgan fingerprint density at radius 3 is 2.31 bits per heavy atom. The predicted molar refractivity (Wildman–Crippen MR) is 184 cm³/mol. The molecule has 4 aromatic rings. The summed E-state index contributed by atoms with van der Waals surface area (Å²) in [7, 11) is 0. The van der Waals surface area contributed by atoms with E-state index in [1.807, 2.05) is 82.3 Å². The van der Waals surface area contributed by atoms with Gasteiger partial charge in [-0.15, -0.1) is 0 Å². The van der Waals surface area contributed by atoms with Crippen molar-refractivity contribution in [3.05, 3.63) is 110 Å². The van der Waals surface area contributed by atoms with Gasteiger partial charge in [0.2, 0.25) is 0 Å². The molecule has 4 aromatic carbocycles. The number of aryl methyl sites for hydroxylation is 2. The topological polar surface area (TPSA) is 107 Å². The Hall–Kier alpha value is -4.58. The van der Waals surface area contributed by atoms with E-state index in [9.17, 15) is 9.59 Å². The van der Waals surface area contributed by atoms with Gasteiger partial charge in [-0.3, -0.25) is 9.59 Å². The molecule has 234 valence electrons. The number of halogens is 1. The van der Waals surface area contributed by atoms with Gasteiger partial charge in [0.25, 0.3) is 11.8 Å². The van der Waals surface area contributed by atoms with E-state index in [-0.39, 0.29) is 12.5 Å². The average Bonchev–Trinajstić information content (AvgIpc) is 3.02. The standard InChI is InChI=1S/C35H36IN3O6/c1-5-42-31-19-27(13-15-30(31)44-21-25-10-8-7-9-11-25)35(41)39-37-20-26-17-28(36)34(32(18-26)43-6-2)45-22-33(40)38-29-14-12-23(3)16-24(29)4/h7-20H,5-6,21-22H2,1-4H3,(H,38,40)(H,39,41)/b37-20+. The molecule has 0 aliphatic heterocycles. The summed E-state index contributed by atoms with van der Waals surface area (Å²) in [6.07, 6.45) is 1.51. The molecule has 0 saturated heterocycles. The summed E-state index contributed by atoms with van der Waals surface area (Å²) in [5.74, 6) is 1.24. The van der Waals surface area contributed by atoms with Gasteiger partial charge < -0.3 is 24.3 Å². The maximum Gasteiger partial charge on any atom is 0.271 e. The first-order valence-electron chi connectivity index (χ1n) is 14.5. The highest BCUT2D eigenvalue weighted by Crippen LogP contribution is 2.34. The highest BCUT2D eigenvalue weighted by molar-refractivity contribution is 14.1. The second-order valence-electron chi connectivity index (χ2n) is 9.99. The smallest absolute Gasteiger partial charge is 0.271 e. The van der Waals surface area contributed by atoms with Crippen LogP contribution in [0.25, 0.3) is 0 Å². The summed E-state index contributed by atoms with van der Waals surface area (Å²) in [6, 6.07) is 24.2. The second kappa shape index (κ2) is 16.5. The first kappa shape index (κ1) is 33.3. The van der Waals surface area contributed by atoms with Gasteiger partial charge >= 0.3 is 0 Å². The normalized spacial score (nSPS) is 10.8. The maximum absolute atomic E-state index is 12.9. The van der Waals surface area contributed by atoms with Gasteiger partial charge in [-0.05, 0) is 103 Å². The third-order valence-corrected chi connectivity index (χ3v) is 7.26. The van der Waals surface area contributed by atoms with Crippen molar-refractivity contribution >= 4 is 46.3 Å². The number of amides is 2. The zero-order valence-electron chi connectivity index (χ0n) is 25.7. The number of ether oxygens (including phenoxy) is 4. The number of carbonyl (C=O) groups is 2. The number of hydrogen-bond acceptors (Lipinski definition) is 7. The number of anilines is 1. The molecular weight excluding hydrogens is 685 g/mol. The lowest BCUT2D eigenvalue weighted by Crippen LogP contribution is -2.21. The molecule has 0 saturated carbocycles. The highest BCUT2D eigenvalue weighted by Gasteiger charge is 2.15. The van der Waals surface area contributed by atoms with Crippen molar-refractivity contribution in [1.29, 1.82) is 0 Å². The summed E-state index contributed by atoms with van der Waals surface area (Å²) in [6.45, 7) is 8.68. The van der Waals surface area contributed by atoms with Crippen LogP contribution in [-0.2, 0) is 11.4 Å². The second-order valence-corrected chi connectivity index (χ2v) is 11.1. The first-order chi connectivity index (χ1) is 21.8. The Bertz CT molecular complexity index is 1660. The van der Waals surface area contributed by atoms with Crippen LogP contribution in [0.3, 0.4) is 0 Å². The minimum Gasteiger partial charge on any atom is -0.490 e. The van der Waals surface area contributed by atoms with Gasteiger partial charge in [-0.1, -0.05) is 48.0 Å². The Balaban J connectivity index is 1.39. The van der Waals surface area contributed by atoms with Gasteiger partial charge in [0.15, 0.2) is 29.6 Å². The van der Waals surface area contributed by atoms with Gasteiger partial charge in [0.1, 0.15) is 6.61 Å². The molecule has 0 radical (unpaired) electrons. The fourth-order valence-corrected chi connectivity index (χ4v) is 5.13. The number of nitrogens with one attached hydrogen (secondary N) is 2. The molecule has 2 N–H and O–H groups in total. The van der Waals surface area contributed by atoms with Gasteiger partial charge in [-0.25, -0.2) is 5.43 Å². The number of rotatable bonds is 14. The fraction of sp³-hybridized carbons (Fsp3) is 0.229. The largest absolute Gasteiger partial charge is 0.490 e. The monoisotopic (exact) mass is 721 g/mol. The van der Waals surface area contributed by atoms with E-state index in [0.717, 1.165) is 25.9 Å². The SMILES string of the molecule is CCOc1cc(C(=O)N/N=C/c2cc(I)c(OCC(=O)Nc3ccc(C)cc3C)c(OCC)c2)ccc1OCc1ccccc1. The molecule has 0 aromatic heterocycles. The molecular formula is C35H36IN3O6. The van der Waals surface area contributed by atoms with Crippen molar-refractivity contribution in [1.82, 2.24) is 5.43 Å². The molecule has 45 heavy (non-hydrogen) atoms. The number of hydrogen-bond donors (Lipinski definition) is 2. The number of hydrazone groups is 1. The third kappa shape index (κ3) is 9.70. The van der Waals surface area contributed by atoms with Crippen LogP contribution in [-0.4, -0.2) is 37.8 Å². The van der Waals surface area contributed by atoms with Crippen LogP contribution < -0.4 is 29.7 Å². The Labute approximate surface area is 277 Å². The third-order valence-electron chi connectivity index (χ3n) is 6.46. The van der Waals surface area contributed by atoms with Gasteiger partial charge in [0.05, 0.1) is 23.0 Å². The van der Waals surface area contributed by atoms with Crippen molar-refractivity contribution in [3.8, 4) is 23.0 Å². The maximum atomic E-state index is 12.9. The Kier molecular flexibility index (Phi) is 12.2. The fourth-order valence-electron chi connectivity index (χ4n) is 4.35. The minimum absolute atomic E-state index is 0.188. The van der Waals surface area contributed by atoms with Crippen molar-refractivity contribution in [2.24, 2.45) is 5.10 Å². The zero-order chi connectivity index (χ0) is 32.2. The number of carbonyl (C=O) groups excluding carboxylic acids is 2. The lowest BCUT2D eigenvalue weighted by atomic mass is 10.1. The van der Waals surface area contributed by atoms with E-state index in [2.05, 4.69) is 38.4 Å². The van der Waals surface area contributed by atoms with E-state index in [1.165, 1.54) is 6.21 Å². The highest BCUT2D eigenvalue weighted by atomic mass is 127. The minimum atomic E-state index is -0.406. The average molecular weight is 722 g/mol. The van der Waals surface area contributed by atoms with E-state index in [0.29, 0.717) is 53.9 Å². The molecule has 10 heteroatoms. The predicted octanol–water partition coefficient (Wildman–Crippen LogP) is 7.07. The quantitative estimate of drug-likeness (QED) is 0.0821. The summed E-state index contributed by atoms with van der Waals surface area (Å²) in [5, 5.41) is 7.02. The first-order valence-corrected chi connectivity index (χ1v) is 15.6. The molecule has 0 aliphatic carbocycles. The zero-order valence-corrected chi connectivity index (χ0v) is 27.8. The summed E-state index contributed by atoms with van der Waals surface area (Å²) < 4.78 is 24.1. The van der Waals surface area contributed by atoms with E-state index in [1.54, 1.807) is 24.3 Å². The molecule has 0 unspecified atom stereocenters. The Morgan fingerprint density at radius 1 is 0.822 bits per heavy atom. The molecule has 0 aliphatic rings. The van der Waals surface area contributed by atoms with Crippen molar-refractivity contribution < 1.29 is 28.5 Å². The molecule has 0 fully saturated rings.